The molecule has 7 heteroatoms. The number of hydrogen-bond donors (Lipinski definition) is 1. The lowest BCUT2D eigenvalue weighted by Crippen LogP contribution is -2.09. The van der Waals surface area contributed by atoms with Crippen LogP contribution in [0.1, 0.15) is 16.1 Å². The second-order valence-electron chi connectivity index (χ2n) is 3.34. The third kappa shape index (κ3) is 2.12. The first-order valence-electron chi connectivity index (χ1n) is 4.60. The van der Waals surface area contributed by atoms with Crippen molar-refractivity contribution in [3.05, 3.63) is 40.6 Å². The minimum atomic E-state index is -1.28. The fraction of sp³-hybridized carbons (Fsp3) is 0.100. The minimum absolute atomic E-state index is 0.0221. The molecule has 17 heavy (non-hydrogen) atoms. The normalized spacial score (nSPS) is 10.5. The second-order valence-corrected chi connectivity index (χ2v) is 3.74. The van der Waals surface area contributed by atoms with Crippen molar-refractivity contribution in [2.75, 3.05) is 0 Å². The van der Waals surface area contributed by atoms with E-state index >= 15 is 0 Å². The maximum absolute atomic E-state index is 12.9. The van der Waals surface area contributed by atoms with Crippen LogP contribution in [0, 0.1) is 12.7 Å². The molecule has 0 bridgehead atoms. The van der Waals surface area contributed by atoms with E-state index in [1.165, 1.54) is 10.9 Å². The van der Waals surface area contributed by atoms with Crippen LogP contribution in [0.5, 0.6) is 0 Å². The van der Waals surface area contributed by atoms with Crippen molar-refractivity contribution in [1.82, 2.24) is 14.8 Å². The maximum atomic E-state index is 12.9. The smallest absolute Gasteiger partial charge is 0.339 e. The average Bonchev–Trinajstić information content (AvgIpc) is 2.59. The molecule has 2 heterocycles. The molecule has 1 N–H and O–H groups in total. The van der Waals surface area contributed by atoms with Crippen LogP contribution in [0.15, 0.2) is 18.5 Å². The molecule has 2 aromatic rings. The molecule has 0 fully saturated rings. The molecule has 0 aliphatic heterocycles. The van der Waals surface area contributed by atoms with Gasteiger partial charge in [-0.2, -0.15) is 5.10 Å². The average molecular weight is 256 g/mol. The van der Waals surface area contributed by atoms with Crippen molar-refractivity contribution in [1.29, 1.82) is 0 Å². The Bertz CT molecular complexity index is 578. The summed E-state index contributed by atoms with van der Waals surface area (Å²) in [6, 6.07) is 0.885. The van der Waals surface area contributed by atoms with Crippen LogP contribution in [0.25, 0.3) is 5.82 Å². The molecule has 5 nitrogen and oxygen atoms in total. The lowest BCUT2D eigenvalue weighted by molar-refractivity contribution is 0.0695. The van der Waals surface area contributed by atoms with E-state index in [1.54, 1.807) is 6.92 Å². The van der Waals surface area contributed by atoms with Crippen molar-refractivity contribution in [3.8, 4) is 5.82 Å². The summed E-state index contributed by atoms with van der Waals surface area (Å²) in [5.41, 5.74) is 0.262. The molecule has 0 aromatic carbocycles. The molecule has 0 aliphatic rings. The van der Waals surface area contributed by atoms with E-state index < -0.39 is 11.8 Å². The summed E-state index contributed by atoms with van der Waals surface area (Å²) in [5.74, 6) is -1.98. The summed E-state index contributed by atoms with van der Waals surface area (Å²) in [4.78, 5) is 14.7. The van der Waals surface area contributed by atoms with Crippen LogP contribution in [-0.4, -0.2) is 25.8 Å². The number of aromatic nitrogens is 3. The quantitative estimate of drug-likeness (QED) is 0.892. The van der Waals surface area contributed by atoms with Crippen LogP contribution in [-0.2, 0) is 0 Å². The molecule has 0 saturated carbocycles. The zero-order valence-electron chi connectivity index (χ0n) is 8.69. The topological polar surface area (TPSA) is 68.0 Å². The Balaban J connectivity index is 2.62. The molecule has 2 aromatic heterocycles. The van der Waals surface area contributed by atoms with Gasteiger partial charge < -0.3 is 5.11 Å². The molecule has 0 aliphatic carbocycles. The Labute approximate surface area is 100 Å². The van der Waals surface area contributed by atoms with Gasteiger partial charge >= 0.3 is 5.97 Å². The molecular weight excluding hydrogens is 249 g/mol. The predicted molar refractivity (Wildman–Crippen MR) is 58.0 cm³/mol. The van der Waals surface area contributed by atoms with Gasteiger partial charge in [0.15, 0.2) is 5.82 Å². The van der Waals surface area contributed by atoms with Crippen LogP contribution in [0.3, 0.4) is 0 Å². The lowest BCUT2D eigenvalue weighted by atomic mass is 10.2. The Morgan fingerprint density at radius 3 is 2.82 bits per heavy atom. The summed E-state index contributed by atoms with van der Waals surface area (Å²) in [6.45, 7) is 1.67. The molecule has 2 rings (SSSR count). The van der Waals surface area contributed by atoms with Gasteiger partial charge in [0.25, 0.3) is 0 Å². The highest BCUT2D eigenvalue weighted by Crippen LogP contribution is 2.18. The van der Waals surface area contributed by atoms with Crippen LogP contribution < -0.4 is 0 Å². The molecule has 0 unspecified atom stereocenters. The zero-order chi connectivity index (χ0) is 12.6. The monoisotopic (exact) mass is 255 g/mol. The number of rotatable bonds is 2. The summed E-state index contributed by atoms with van der Waals surface area (Å²) in [6.07, 6.45) is 2.34. The molecule has 0 atom stereocenters. The number of carbonyl (C=O) groups is 1. The molecule has 0 radical (unpaired) electrons. The van der Waals surface area contributed by atoms with Crippen LogP contribution >= 0.6 is 11.6 Å². The van der Waals surface area contributed by atoms with Gasteiger partial charge in [-0.25, -0.2) is 18.9 Å². The number of aromatic carboxylic acids is 1. The van der Waals surface area contributed by atoms with Crippen molar-refractivity contribution in [2.24, 2.45) is 0 Å². The molecule has 88 valence electrons. The Hall–Kier alpha value is -1.95. The van der Waals surface area contributed by atoms with E-state index in [0.717, 1.165) is 12.3 Å². The fourth-order valence-corrected chi connectivity index (χ4v) is 1.45. The highest BCUT2D eigenvalue weighted by molar-refractivity contribution is 6.31. The summed E-state index contributed by atoms with van der Waals surface area (Å²) in [7, 11) is 0. The van der Waals surface area contributed by atoms with E-state index in [2.05, 4.69) is 10.1 Å². The van der Waals surface area contributed by atoms with Crippen molar-refractivity contribution in [3.63, 3.8) is 0 Å². The zero-order valence-corrected chi connectivity index (χ0v) is 9.44. The predicted octanol–water partition coefficient (Wildman–Crippen LogP) is 2.07. The summed E-state index contributed by atoms with van der Waals surface area (Å²) in [5, 5.41) is 13.3. The molecular formula is C10H7ClFN3O2. The number of hydrogen-bond acceptors (Lipinski definition) is 3. The number of carboxylic acids is 1. The number of carboxylic acid groups (broad SMARTS) is 1. The van der Waals surface area contributed by atoms with E-state index in [0.29, 0.717) is 10.7 Å². The Morgan fingerprint density at radius 1 is 1.59 bits per heavy atom. The van der Waals surface area contributed by atoms with Gasteiger partial charge in [0, 0.05) is 0 Å². The van der Waals surface area contributed by atoms with Crippen molar-refractivity contribution < 1.29 is 14.3 Å². The molecule has 0 saturated heterocycles. The van der Waals surface area contributed by atoms with Crippen molar-refractivity contribution in [2.45, 2.75) is 6.92 Å². The molecule has 0 spiro atoms. The third-order valence-corrected chi connectivity index (χ3v) is 2.49. The fourth-order valence-electron chi connectivity index (χ4n) is 1.32. The maximum Gasteiger partial charge on any atom is 0.339 e. The van der Waals surface area contributed by atoms with Crippen LogP contribution in [0.4, 0.5) is 4.39 Å². The van der Waals surface area contributed by atoms with Gasteiger partial charge in [0.1, 0.15) is 11.4 Å². The third-order valence-electron chi connectivity index (χ3n) is 2.12. The Kier molecular flexibility index (Phi) is 2.81. The van der Waals surface area contributed by atoms with Gasteiger partial charge in [-0.1, -0.05) is 11.6 Å². The first-order valence-corrected chi connectivity index (χ1v) is 4.98. The van der Waals surface area contributed by atoms with E-state index in [1.807, 2.05) is 0 Å². The number of nitrogens with zero attached hydrogens (tertiary/aromatic N) is 3. The van der Waals surface area contributed by atoms with E-state index in [9.17, 15) is 9.18 Å². The van der Waals surface area contributed by atoms with Gasteiger partial charge in [0.2, 0.25) is 0 Å². The van der Waals surface area contributed by atoms with E-state index in [4.69, 9.17) is 16.7 Å². The highest BCUT2D eigenvalue weighted by atomic mass is 35.5. The lowest BCUT2D eigenvalue weighted by Gasteiger charge is -2.04. The van der Waals surface area contributed by atoms with Gasteiger partial charge in [0.05, 0.1) is 23.1 Å². The molecule has 0 amide bonds. The number of pyridine rings is 1. The highest BCUT2D eigenvalue weighted by Gasteiger charge is 2.16. The first kappa shape index (κ1) is 11.5. The number of halogens is 2. The summed E-state index contributed by atoms with van der Waals surface area (Å²) >= 11 is 5.81. The van der Waals surface area contributed by atoms with Crippen molar-refractivity contribution >= 4 is 17.6 Å². The first-order chi connectivity index (χ1) is 7.99. The SMILES string of the molecule is Cc1nn(-c2ncc(F)cc2C(=O)O)cc1Cl. The van der Waals surface area contributed by atoms with Gasteiger partial charge in [-0.15, -0.1) is 0 Å². The van der Waals surface area contributed by atoms with E-state index in [-0.39, 0.29) is 11.4 Å². The minimum Gasteiger partial charge on any atom is -0.478 e. The standard InChI is InChI=1S/C10H7ClFN3O2/c1-5-8(11)4-15(14-5)9-7(10(16)17)2-6(12)3-13-9/h2-4H,1H3,(H,16,17). The summed E-state index contributed by atoms with van der Waals surface area (Å²) < 4.78 is 14.1. The largest absolute Gasteiger partial charge is 0.478 e. The van der Waals surface area contributed by atoms with Gasteiger partial charge in [-0.3, -0.25) is 0 Å². The second kappa shape index (κ2) is 4.14. The number of aryl methyl sites for hydroxylation is 1. The van der Waals surface area contributed by atoms with Gasteiger partial charge in [-0.05, 0) is 13.0 Å². The van der Waals surface area contributed by atoms with Crippen LogP contribution in [0.2, 0.25) is 5.02 Å². The Morgan fingerprint density at radius 2 is 2.29 bits per heavy atom.